The Morgan fingerprint density at radius 2 is 2.11 bits per heavy atom. The molecule has 0 aliphatic heterocycles. The average Bonchev–Trinajstić information content (AvgIpc) is 2.93. The predicted molar refractivity (Wildman–Crippen MR) is 118 cm³/mol. The van der Waals surface area contributed by atoms with Crippen LogP contribution in [0.5, 0.6) is 0 Å². The highest BCUT2D eigenvalue weighted by Crippen LogP contribution is 2.28. The molecule has 1 atom stereocenters. The maximum atomic E-state index is 13.1. The molecule has 0 bridgehead atoms. The smallest absolute Gasteiger partial charge is 0.263 e. The maximum absolute atomic E-state index is 13.1. The minimum absolute atomic E-state index is 0.0226. The van der Waals surface area contributed by atoms with E-state index in [4.69, 9.17) is 9.72 Å². The van der Waals surface area contributed by atoms with Gasteiger partial charge < -0.3 is 10.1 Å². The molecule has 0 unspecified atom stereocenters. The number of hydrogen-bond donors (Lipinski definition) is 1. The highest BCUT2D eigenvalue weighted by atomic mass is 32.2. The number of ether oxygens (including phenoxy) is 1. The van der Waals surface area contributed by atoms with Crippen molar-refractivity contribution in [3.8, 4) is 0 Å². The van der Waals surface area contributed by atoms with E-state index in [1.807, 2.05) is 27.7 Å². The van der Waals surface area contributed by atoms with E-state index >= 15 is 0 Å². The fourth-order valence-corrected chi connectivity index (χ4v) is 4.94. The summed E-state index contributed by atoms with van der Waals surface area (Å²) in [6.07, 6.45) is 2.72. The van der Waals surface area contributed by atoms with Gasteiger partial charge in [-0.2, -0.15) is 0 Å². The van der Waals surface area contributed by atoms with E-state index in [2.05, 4.69) is 12.2 Å². The zero-order valence-electron chi connectivity index (χ0n) is 17.5. The summed E-state index contributed by atoms with van der Waals surface area (Å²) >= 11 is 2.87. The molecule has 2 rings (SSSR count). The summed E-state index contributed by atoms with van der Waals surface area (Å²) < 4.78 is 7.11. The second-order valence-corrected chi connectivity index (χ2v) is 9.06. The molecule has 2 aromatic heterocycles. The number of nitrogens with zero attached hydrogens (tertiary/aromatic N) is 2. The fraction of sp³-hybridized carbons (Fsp3) is 0.650. The van der Waals surface area contributed by atoms with E-state index in [1.165, 1.54) is 23.1 Å². The lowest BCUT2D eigenvalue weighted by atomic mass is 10.2. The van der Waals surface area contributed by atoms with Crippen molar-refractivity contribution in [3.63, 3.8) is 0 Å². The van der Waals surface area contributed by atoms with Crippen molar-refractivity contribution in [1.29, 1.82) is 0 Å². The Hall–Kier alpha value is -1.38. The van der Waals surface area contributed by atoms with E-state index in [-0.39, 0.29) is 23.3 Å². The topological polar surface area (TPSA) is 73.2 Å². The van der Waals surface area contributed by atoms with Crippen molar-refractivity contribution < 1.29 is 9.53 Å². The number of aryl methyl sites for hydroxylation is 2. The van der Waals surface area contributed by atoms with Gasteiger partial charge in [0.25, 0.3) is 5.56 Å². The third-order valence-electron chi connectivity index (χ3n) is 4.59. The highest BCUT2D eigenvalue weighted by molar-refractivity contribution is 7.99. The van der Waals surface area contributed by atoms with Gasteiger partial charge in [-0.05, 0) is 46.1 Å². The Kier molecular flexibility index (Phi) is 8.98. The van der Waals surface area contributed by atoms with Crippen molar-refractivity contribution in [2.45, 2.75) is 71.6 Å². The number of carbonyl (C=O) groups excluding carboxylic acids is 1. The molecular formula is C20H31N3O3S2. The van der Waals surface area contributed by atoms with E-state index in [0.717, 1.165) is 34.5 Å². The quantitative estimate of drug-likeness (QED) is 0.336. The normalized spacial score (nSPS) is 12.5. The standard InChI is InChI=1S/C20H31N3O3S2/c1-6-9-13(3)21-16(24)12-27-20-22-18-17(14(4)15(5)28-18)19(25)23(20)10-8-11-26-7-2/h13H,6-12H2,1-5H3,(H,21,24)/t13-/m1/s1. The Bertz CT molecular complexity index is 860. The third-order valence-corrected chi connectivity index (χ3v) is 6.67. The zero-order chi connectivity index (χ0) is 20.7. The van der Waals surface area contributed by atoms with Gasteiger partial charge in [-0.1, -0.05) is 25.1 Å². The third kappa shape index (κ3) is 5.81. The summed E-state index contributed by atoms with van der Waals surface area (Å²) in [6, 6.07) is 0.157. The number of aromatic nitrogens is 2. The largest absolute Gasteiger partial charge is 0.382 e. The molecule has 0 spiro atoms. The number of hydrogen-bond acceptors (Lipinski definition) is 6. The van der Waals surface area contributed by atoms with Crippen molar-refractivity contribution in [3.05, 3.63) is 20.8 Å². The molecule has 0 saturated heterocycles. The van der Waals surface area contributed by atoms with Gasteiger partial charge in [0.2, 0.25) is 5.91 Å². The van der Waals surface area contributed by atoms with Crippen LogP contribution in [0.15, 0.2) is 9.95 Å². The lowest BCUT2D eigenvalue weighted by molar-refractivity contribution is -0.119. The number of carbonyl (C=O) groups is 1. The number of thiophene rings is 1. The first-order valence-corrected chi connectivity index (χ1v) is 11.7. The summed E-state index contributed by atoms with van der Waals surface area (Å²) in [7, 11) is 0. The lowest BCUT2D eigenvalue weighted by Gasteiger charge is -2.14. The van der Waals surface area contributed by atoms with Gasteiger partial charge in [-0.25, -0.2) is 4.98 Å². The van der Waals surface area contributed by atoms with Crippen LogP contribution in [0.25, 0.3) is 10.2 Å². The van der Waals surface area contributed by atoms with Gasteiger partial charge in [-0.3, -0.25) is 14.2 Å². The summed E-state index contributed by atoms with van der Waals surface area (Å²) in [4.78, 5) is 32.0. The molecule has 0 aromatic carbocycles. The second kappa shape index (κ2) is 11.0. The monoisotopic (exact) mass is 425 g/mol. The summed E-state index contributed by atoms with van der Waals surface area (Å²) in [5.41, 5.74) is 0.976. The Morgan fingerprint density at radius 1 is 1.36 bits per heavy atom. The minimum atomic E-state index is -0.0281. The molecule has 0 saturated carbocycles. The van der Waals surface area contributed by atoms with Gasteiger partial charge in [-0.15, -0.1) is 11.3 Å². The van der Waals surface area contributed by atoms with E-state index in [9.17, 15) is 9.59 Å². The molecule has 0 fully saturated rings. The lowest BCUT2D eigenvalue weighted by Crippen LogP contribution is -2.34. The van der Waals surface area contributed by atoms with E-state index in [1.54, 1.807) is 4.57 Å². The van der Waals surface area contributed by atoms with Gasteiger partial charge in [0.1, 0.15) is 4.83 Å². The molecule has 28 heavy (non-hydrogen) atoms. The number of rotatable bonds is 11. The summed E-state index contributed by atoms with van der Waals surface area (Å²) in [6.45, 7) is 11.8. The molecule has 0 radical (unpaired) electrons. The van der Waals surface area contributed by atoms with Crippen LogP contribution in [0.3, 0.4) is 0 Å². The predicted octanol–water partition coefficient (Wildman–Crippen LogP) is 3.90. The first-order chi connectivity index (χ1) is 13.4. The number of thioether (sulfide) groups is 1. The van der Waals surface area contributed by atoms with Crippen LogP contribution < -0.4 is 10.9 Å². The van der Waals surface area contributed by atoms with Crippen LogP contribution in [0.2, 0.25) is 0 Å². The van der Waals surface area contributed by atoms with Gasteiger partial charge in [0, 0.05) is 30.7 Å². The van der Waals surface area contributed by atoms with Crippen LogP contribution in [0, 0.1) is 13.8 Å². The number of amides is 1. The molecule has 1 amide bonds. The van der Waals surface area contributed by atoms with Crippen molar-refractivity contribution in [2.24, 2.45) is 0 Å². The van der Waals surface area contributed by atoms with Crippen molar-refractivity contribution in [2.75, 3.05) is 19.0 Å². The Labute approximate surface area is 175 Å². The van der Waals surface area contributed by atoms with Crippen LogP contribution in [-0.4, -0.2) is 40.5 Å². The molecule has 0 aliphatic rings. The zero-order valence-corrected chi connectivity index (χ0v) is 19.1. The van der Waals surface area contributed by atoms with Crippen LogP contribution >= 0.6 is 23.1 Å². The van der Waals surface area contributed by atoms with Crippen LogP contribution in [0.4, 0.5) is 0 Å². The average molecular weight is 426 g/mol. The number of fused-ring (bicyclic) bond motifs is 1. The van der Waals surface area contributed by atoms with Crippen LogP contribution in [-0.2, 0) is 16.1 Å². The van der Waals surface area contributed by atoms with Gasteiger partial charge >= 0.3 is 0 Å². The van der Waals surface area contributed by atoms with E-state index < -0.39 is 0 Å². The fourth-order valence-electron chi connectivity index (χ4n) is 3.04. The summed E-state index contributed by atoms with van der Waals surface area (Å²) in [5.74, 6) is 0.223. The molecule has 2 aromatic rings. The van der Waals surface area contributed by atoms with Gasteiger partial charge in [0.15, 0.2) is 5.16 Å². The molecule has 8 heteroatoms. The molecule has 156 valence electrons. The van der Waals surface area contributed by atoms with E-state index in [0.29, 0.717) is 30.3 Å². The SMILES string of the molecule is CCC[C@@H](C)NC(=O)CSc1nc2sc(C)c(C)c2c(=O)n1CCCOCC. The Balaban J connectivity index is 2.24. The maximum Gasteiger partial charge on any atom is 0.263 e. The Morgan fingerprint density at radius 3 is 2.79 bits per heavy atom. The summed E-state index contributed by atoms with van der Waals surface area (Å²) in [5, 5.41) is 4.31. The second-order valence-electron chi connectivity index (χ2n) is 6.91. The van der Waals surface area contributed by atoms with Gasteiger partial charge in [0.05, 0.1) is 11.1 Å². The minimum Gasteiger partial charge on any atom is -0.382 e. The molecule has 6 nitrogen and oxygen atoms in total. The van der Waals surface area contributed by atoms with Crippen LogP contribution in [0.1, 0.15) is 50.5 Å². The molecule has 2 heterocycles. The molecule has 1 N–H and O–H groups in total. The number of nitrogens with one attached hydrogen (secondary N) is 1. The van der Waals surface area contributed by atoms with Crippen molar-refractivity contribution in [1.82, 2.24) is 14.9 Å². The molecular weight excluding hydrogens is 394 g/mol. The highest BCUT2D eigenvalue weighted by Gasteiger charge is 2.18. The first kappa shape index (κ1) is 22.9. The van der Waals surface area contributed by atoms with Crippen molar-refractivity contribution >= 4 is 39.2 Å². The first-order valence-electron chi connectivity index (χ1n) is 9.89. The molecule has 0 aliphatic carbocycles.